The maximum Gasteiger partial charge on any atom is 0.325 e. The van der Waals surface area contributed by atoms with Crippen LogP contribution in [0.15, 0.2) is 6.26 Å². The smallest absolute Gasteiger partial charge is 0.325 e. The zero-order valence-corrected chi connectivity index (χ0v) is 22.6. The largest absolute Gasteiger partial charge is 0.459 e. The van der Waals surface area contributed by atoms with Gasteiger partial charge in [0, 0.05) is 36.9 Å². The predicted molar refractivity (Wildman–Crippen MR) is 137 cm³/mol. The molecule has 0 heterocycles. The van der Waals surface area contributed by atoms with E-state index in [0.717, 1.165) is 69.8 Å². The third-order valence-electron chi connectivity index (χ3n) is 9.87. The number of carbonyl (C=O) groups excluding carboxylic acids is 2. The van der Waals surface area contributed by atoms with Gasteiger partial charge in [-0.2, -0.15) is 0 Å². The highest BCUT2D eigenvalue weighted by molar-refractivity contribution is 5.86. The number of hydrogen-bond acceptors (Lipinski definition) is 6. The van der Waals surface area contributed by atoms with Crippen molar-refractivity contribution in [2.75, 3.05) is 26.4 Å². The van der Waals surface area contributed by atoms with E-state index in [2.05, 4.69) is 4.74 Å². The van der Waals surface area contributed by atoms with Crippen LogP contribution in [0.2, 0.25) is 0 Å². The van der Waals surface area contributed by atoms with Crippen molar-refractivity contribution in [1.82, 2.24) is 0 Å². The van der Waals surface area contributed by atoms with E-state index in [9.17, 15) is 14.7 Å². The number of ketones is 2. The van der Waals surface area contributed by atoms with Crippen molar-refractivity contribution in [1.29, 1.82) is 0 Å². The summed E-state index contributed by atoms with van der Waals surface area (Å²) in [5.41, 5.74) is 0.445. The highest BCUT2D eigenvalue weighted by Crippen LogP contribution is 2.59. The van der Waals surface area contributed by atoms with Gasteiger partial charge < -0.3 is 19.3 Å². The lowest BCUT2D eigenvalue weighted by Gasteiger charge is -2.55. The Morgan fingerprint density at radius 2 is 1.31 bits per heavy atom. The molecule has 0 aromatic carbocycles. The van der Waals surface area contributed by atoms with Crippen molar-refractivity contribution < 1.29 is 28.9 Å². The maximum atomic E-state index is 12.1. The van der Waals surface area contributed by atoms with Gasteiger partial charge in [-0.05, 0) is 108 Å². The van der Waals surface area contributed by atoms with Crippen LogP contribution >= 0.6 is 0 Å². The third kappa shape index (κ3) is 5.88. The fraction of sp³-hybridized carbons (Fsp3) is 0.867. The summed E-state index contributed by atoms with van der Waals surface area (Å²) in [6.45, 7) is 13.1. The van der Waals surface area contributed by atoms with Crippen LogP contribution in [0.25, 0.3) is 0 Å². The van der Waals surface area contributed by atoms with E-state index >= 15 is 0 Å². The summed E-state index contributed by atoms with van der Waals surface area (Å²) in [6.07, 6.45) is 12.2. The van der Waals surface area contributed by atoms with Crippen LogP contribution in [0.3, 0.4) is 0 Å². The Hall–Kier alpha value is -1.33. The van der Waals surface area contributed by atoms with Gasteiger partial charge in [0.15, 0.2) is 6.29 Å². The lowest BCUT2D eigenvalue weighted by atomic mass is 9.49. The minimum absolute atomic E-state index is 0.112. The second-order valence-electron chi connectivity index (χ2n) is 12.6. The number of Topliss-reactive ketones (excluding diaryl/α,β-unsaturated/α-hetero) is 2. The molecule has 0 aromatic heterocycles. The highest BCUT2D eigenvalue weighted by atomic mass is 16.7. The van der Waals surface area contributed by atoms with Gasteiger partial charge in [0.25, 0.3) is 0 Å². The Morgan fingerprint density at radius 3 is 1.69 bits per heavy atom. The van der Waals surface area contributed by atoms with Crippen LogP contribution in [0.4, 0.5) is 0 Å². The molecule has 8 rings (SSSR count). The van der Waals surface area contributed by atoms with Gasteiger partial charge >= 0.3 is 6.26 Å². The van der Waals surface area contributed by atoms with Crippen LogP contribution in [0.1, 0.15) is 85.0 Å². The van der Waals surface area contributed by atoms with E-state index in [0.29, 0.717) is 55.1 Å². The Morgan fingerprint density at radius 1 is 0.833 bits per heavy atom. The zero-order chi connectivity index (χ0) is 25.9. The minimum atomic E-state index is -0.112. The first kappa shape index (κ1) is 27.7. The van der Waals surface area contributed by atoms with Crippen molar-refractivity contribution in [3.8, 4) is 0 Å². The number of rotatable bonds is 8. The van der Waals surface area contributed by atoms with Crippen molar-refractivity contribution in [2.45, 2.75) is 91.3 Å². The van der Waals surface area contributed by atoms with Gasteiger partial charge in [0.2, 0.25) is 6.58 Å². The van der Waals surface area contributed by atoms with Gasteiger partial charge in [-0.3, -0.25) is 9.59 Å². The van der Waals surface area contributed by atoms with Crippen LogP contribution in [0.5, 0.6) is 0 Å². The molecular weight excluding hydrogens is 456 g/mol. The number of aliphatic hydroxyl groups excluding tert-OH is 1. The normalized spacial score (nSPS) is 41.8. The molecule has 8 aliphatic carbocycles. The molecule has 8 fully saturated rings. The summed E-state index contributed by atoms with van der Waals surface area (Å²) in [7, 11) is 0. The maximum absolute atomic E-state index is 12.1. The van der Waals surface area contributed by atoms with Crippen molar-refractivity contribution in [3.05, 3.63) is 12.8 Å². The summed E-state index contributed by atoms with van der Waals surface area (Å²) in [4.78, 5) is 23.8. The molecule has 6 nitrogen and oxygen atoms in total. The lowest BCUT2D eigenvalue weighted by molar-refractivity contribution is -0.180. The fourth-order valence-electron chi connectivity index (χ4n) is 8.86. The Kier molecular flexibility index (Phi) is 8.92. The van der Waals surface area contributed by atoms with E-state index in [1.807, 2.05) is 20.8 Å². The lowest BCUT2D eigenvalue weighted by Crippen LogP contribution is -2.53. The number of ether oxygens (including phenoxy) is 3. The minimum Gasteiger partial charge on any atom is -0.459 e. The summed E-state index contributed by atoms with van der Waals surface area (Å²) in [6, 6.07) is 0. The van der Waals surface area contributed by atoms with Crippen molar-refractivity contribution in [3.63, 3.8) is 0 Å². The van der Waals surface area contributed by atoms with Crippen molar-refractivity contribution >= 4 is 11.6 Å². The molecule has 1 N–H and O–H groups in total. The Bertz CT molecular complexity index is 756. The Balaban J connectivity index is 0.000000148. The van der Waals surface area contributed by atoms with Gasteiger partial charge in [0.05, 0.1) is 13.2 Å². The highest BCUT2D eigenvalue weighted by Gasteiger charge is 2.56. The molecule has 5 atom stereocenters. The standard InChI is InChI=1S/C15H24O3.C11H16O2.C4H7O/c1-3-17-10(2)18-9-15-6-11-4-12(7-15)14(16)13(5-11)8-15;12-6-11-3-7-1-8(4-11)10(13)9(2-7)5-11;1-3-5-4-2/h10-13H,3-9H2,1-2H3;7-9,12H,1-6H2;1,3H,4H2,2H3/q;;+1. The summed E-state index contributed by atoms with van der Waals surface area (Å²) in [5, 5.41) is 9.41. The van der Waals surface area contributed by atoms with Crippen LogP contribution < -0.4 is 0 Å². The summed E-state index contributed by atoms with van der Waals surface area (Å²) in [5.74, 6) is 3.94. The first-order valence-electron chi connectivity index (χ1n) is 14.3. The molecule has 6 heteroatoms. The molecule has 202 valence electrons. The monoisotopic (exact) mass is 503 g/mol. The molecule has 0 radical (unpaired) electrons. The molecule has 8 bridgehead atoms. The van der Waals surface area contributed by atoms with Crippen LogP contribution in [-0.2, 0) is 23.8 Å². The van der Waals surface area contributed by atoms with E-state index in [1.54, 1.807) is 0 Å². The van der Waals surface area contributed by atoms with Gasteiger partial charge in [-0.1, -0.05) is 0 Å². The second kappa shape index (κ2) is 11.6. The topological polar surface area (TPSA) is 82.1 Å². The predicted octanol–water partition coefficient (Wildman–Crippen LogP) is 5.12. The first-order chi connectivity index (χ1) is 17.3. The fourth-order valence-corrected chi connectivity index (χ4v) is 8.86. The molecule has 8 aliphatic rings. The zero-order valence-electron chi connectivity index (χ0n) is 22.6. The van der Waals surface area contributed by atoms with E-state index in [-0.39, 0.29) is 17.1 Å². The van der Waals surface area contributed by atoms with E-state index < -0.39 is 0 Å². The molecule has 5 unspecified atom stereocenters. The number of hydrogen-bond donors (Lipinski definition) is 1. The SMILES string of the molecule is CCOC(C)OCC12CC3CC(C1)C(=O)C(C3)C2.O=C1C2CC3CC1CC(CO)(C3)C2.[CH+]=COCC. The average molecular weight is 504 g/mol. The summed E-state index contributed by atoms with van der Waals surface area (Å²) < 4.78 is 15.8. The third-order valence-corrected chi connectivity index (χ3v) is 9.87. The number of carbonyl (C=O) groups is 2. The van der Waals surface area contributed by atoms with Crippen molar-refractivity contribution in [2.24, 2.45) is 46.3 Å². The second-order valence-corrected chi connectivity index (χ2v) is 12.6. The molecule has 0 aromatic rings. The molecule has 0 spiro atoms. The summed E-state index contributed by atoms with van der Waals surface area (Å²) >= 11 is 0. The van der Waals surface area contributed by atoms with Gasteiger partial charge in [-0.15, -0.1) is 0 Å². The Labute approximate surface area is 217 Å². The van der Waals surface area contributed by atoms with Crippen LogP contribution in [0, 0.1) is 52.9 Å². The quantitative estimate of drug-likeness (QED) is 0.281. The van der Waals surface area contributed by atoms with Gasteiger partial charge in [-0.25, -0.2) is 0 Å². The molecule has 0 saturated heterocycles. The number of aliphatic hydroxyl groups is 1. The van der Waals surface area contributed by atoms with E-state index in [1.165, 1.54) is 19.1 Å². The molecule has 8 saturated carbocycles. The van der Waals surface area contributed by atoms with E-state index in [4.69, 9.17) is 16.1 Å². The molecular formula is C30H47O6+. The van der Waals surface area contributed by atoms with Crippen LogP contribution in [-0.4, -0.2) is 49.4 Å². The first-order valence-corrected chi connectivity index (χ1v) is 14.3. The molecule has 0 aliphatic heterocycles. The average Bonchev–Trinajstić information content (AvgIpc) is 2.85. The van der Waals surface area contributed by atoms with Gasteiger partial charge in [0.1, 0.15) is 11.6 Å². The molecule has 0 amide bonds. The molecule has 36 heavy (non-hydrogen) atoms.